The topological polar surface area (TPSA) is 74.6 Å². The number of carboxylic acid groups (broad SMARTS) is 2. The van der Waals surface area contributed by atoms with E-state index in [-0.39, 0.29) is 13.5 Å². The quantitative estimate of drug-likeness (QED) is 0.0957. The second-order valence-electron chi connectivity index (χ2n) is 10.8. The Bertz CT molecular complexity index is 403. The Labute approximate surface area is 238 Å². The van der Waals surface area contributed by atoms with Crippen LogP contribution in [0, 0.1) is 0 Å². The van der Waals surface area contributed by atoms with Gasteiger partial charge in [0.2, 0.25) is 0 Å². The van der Waals surface area contributed by atoms with Gasteiger partial charge in [-0.2, -0.15) is 13.5 Å². The molecule has 0 spiro atoms. The number of rotatable bonds is 28. The SMILES string of the molecule is CCCCCCCCCCCCCCCC(=O)O.CCCCCCCCCCCCCCCC(=O)O.S. The molecule has 0 rings (SSSR count). The summed E-state index contributed by atoms with van der Waals surface area (Å²) in [5.41, 5.74) is 0. The van der Waals surface area contributed by atoms with Crippen molar-refractivity contribution in [3.8, 4) is 0 Å². The van der Waals surface area contributed by atoms with Gasteiger partial charge in [0, 0.05) is 12.8 Å². The van der Waals surface area contributed by atoms with E-state index >= 15 is 0 Å². The van der Waals surface area contributed by atoms with Gasteiger partial charge in [-0.15, -0.1) is 0 Å². The Balaban J connectivity index is -0.000000608. The zero-order valence-corrected chi connectivity index (χ0v) is 26.0. The average Bonchev–Trinajstić information content (AvgIpc) is 2.85. The van der Waals surface area contributed by atoms with Crippen molar-refractivity contribution in [1.29, 1.82) is 0 Å². The molecular formula is C32H66O4S. The lowest BCUT2D eigenvalue weighted by molar-refractivity contribution is -0.138. The van der Waals surface area contributed by atoms with Crippen molar-refractivity contribution in [2.24, 2.45) is 0 Å². The zero-order valence-electron chi connectivity index (χ0n) is 25.0. The monoisotopic (exact) mass is 546 g/mol. The summed E-state index contributed by atoms with van der Waals surface area (Å²) in [7, 11) is 0. The molecule has 0 unspecified atom stereocenters. The van der Waals surface area contributed by atoms with Crippen LogP contribution < -0.4 is 0 Å². The lowest BCUT2D eigenvalue weighted by Crippen LogP contribution is -1.93. The maximum absolute atomic E-state index is 10.3. The van der Waals surface area contributed by atoms with Crippen molar-refractivity contribution in [2.75, 3.05) is 0 Å². The minimum absolute atomic E-state index is 0. The number of carbonyl (C=O) groups is 2. The van der Waals surface area contributed by atoms with Gasteiger partial charge in [0.05, 0.1) is 0 Å². The average molecular weight is 547 g/mol. The molecule has 0 amide bonds. The van der Waals surface area contributed by atoms with Crippen molar-refractivity contribution >= 4 is 25.4 Å². The molecule has 0 saturated heterocycles. The molecule has 0 aromatic rings. The van der Waals surface area contributed by atoms with Gasteiger partial charge in [-0.1, -0.05) is 168 Å². The summed E-state index contributed by atoms with van der Waals surface area (Å²) < 4.78 is 0. The van der Waals surface area contributed by atoms with Crippen LogP contribution in [0.5, 0.6) is 0 Å². The Morgan fingerprint density at radius 2 is 0.514 bits per heavy atom. The van der Waals surface area contributed by atoms with Crippen LogP contribution in [0.1, 0.15) is 194 Å². The highest BCUT2D eigenvalue weighted by atomic mass is 32.1. The molecule has 0 fully saturated rings. The largest absolute Gasteiger partial charge is 0.481 e. The minimum Gasteiger partial charge on any atom is -0.481 e. The van der Waals surface area contributed by atoms with Crippen LogP contribution in [0.3, 0.4) is 0 Å². The van der Waals surface area contributed by atoms with Gasteiger partial charge in [-0.05, 0) is 12.8 Å². The number of hydrogen-bond acceptors (Lipinski definition) is 2. The standard InChI is InChI=1S/2C16H32O2.H2S/c2*1-2-3-4-5-6-7-8-9-10-11-12-13-14-15-16(17)18;/h2*2-15H2,1H3,(H,17,18);1H2. The molecule has 0 heterocycles. The molecule has 0 aromatic carbocycles. The highest BCUT2D eigenvalue weighted by Crippen LogP contribution is 2.14. The molecular weight excluding hydrogens is 480 g/mol. The summed E-state index contributed by atoms with van der Waals surface area (Å²) >= 11 is 0. The van der Waals surface area contributed by atoms with Crippen molar-refractivity contribution < 1.29 is 19.8 Å². The predicted octanol–water partition coefficient (Wildman–Crippen LogP) is 11.2. The van der Waals surface area contributed by atoms with Gasteiger partial charge in [0.1, 0.15) is 0 Å². The number of unbranched alkanes of at least 4 members (excludes halogenated alkanes) is 24. The van der Waals surface area contributed by atoms with Crippen molar-refractivity contribution in [2.45, 2.75) is 194 Å². The third-order valence-corrected chi connectivity index (χ3v) is 6.99. The van der Waals surface area contributed by atoms with Crippen LogP contribution in [-0.4, -0.2) is 22.2 Å². The van der Waals surface area contributed by atoms with Crippen LogP contribution >= 0.6 is 13.5 Å². The molecule has 37 heavy (non-hydrogen) atoms. The van der Waals surface area contributed by atoms with Gasteiger partial charge >= 0.3 is 11.9 Å². The van der Waals surface area contributed by atoms with E-state index in [4.69, 9.17) is 10.2 Å². The molecule has 5 heteroatoms. The van der Waals surface area contributed by atoms with Crippen LogP contribution in [0.15, 0.2) is 0 Å². The van der Waals surface area contributed by atoms with E-state index in [0.29, 0.717) is 12.8 Å². The highest BCUT2D eigenvalue weighted by Gasteiger charge is 1.98. The number of hydrogen-bond donors (Lipinski definition) is 2. The van der Waals surface area contributed by atoms with Crippen molar-refractivity contribution in [3.63, 3.8) is 0 Å². The van der Waals surface area contributed by atoms with Crippen LogP contribution in [0.4, 0.5) is 0 Å². The number of aliphatic carboxylic acids is 2. The molecule has 224 valence electrons. The van der Waals surface area contributed by atoms with E-state index < -0.39 is 11.9 Å². The molecule has 4 nitrogen and oxygen atoms in total. The molecule has 0 aliphatic carbocycles. The Kier molecular flexibility index (Phi) is 41.3. The molecule has 0 radical (unpaired) electrons. The third kappa shape index (κ3) is 45.6. The fourth-order valence-electron chi connectivity index (χ4n) is 4.59. The fourth-order valence-corrected chi connectivity index (χ4v) is 4.59. The van der Waals surface area contributed by atoms with Crippen LogP contribution in [-0.2, 0) is 9.59 Å². The van der Waals surface area contributed by atoms with E-state index in [1.54, 1.807) is 0 Å². The third-order valence-electron chi connectivity index (χ3n) is 6.99. The van der Waals surface area contributed by atoms with Crippen LogP contribution in [0.25, 0.3) is 0 Å². The van der Waals surface area contributed by atoms with Crippen molar-refractivity contribution in [3.05, 3.63) is 0 Å². The Morgan fingerprint density at radius 3 is 0.676 bits per heavy atom. The van der Waals surface area contributed by atoms with Gasteiger partial charge in [0.25, 0.3) is 0 Å². The smallest absolute Gasteiger partial charge is 0.303 e. The second-order valence-corrected chi connectivity index (χ2v) is 10.8. The van der Waals surface area contributed by atoms with Crippen molar-refractivity contribution in [1.82, 2.24) is 0 Å². The van der Waals surface area contributed by atoms with E-state index in [1.165, 1.54) is 141 Å². The van der Waals surface area contributed by atoms with Gasteiger partial charge < -0.3 is 10.2 Å². The highest BCUT2D eigenvalue weighted by molar-refractivity contribution is 7.59. The summed E-state index contributed by atoms with van der Waals surface area (Å²) in [5, 5.41) is 17.0. The maximum Gasteiger partial charge on any atom is 0.303 e. The summed E-state index contributed by atoms with van der Waals surface area (Å²) in [6.07, 6.45) is 34.5. The Morgan fingerprint density at radius 1 is 0.351 bits per heavy atom. The molecule has 0 aliphatic rings. The first kappa shape index (κ1) is 40.8. The van der Waals surface area contributed by atoms with Gasteiger partial charge in [-0.3, -0.25) is 9.59 Å². The number of carboxylic acids is 2. The second kappa shape index (κ2) is 37.4. The van der Waals surface area contributed by atoms with E-state index in [9.17, 15) is 9.59 Å². The van der Waals surface area contributed by atoms with E-state index in [1.807, 2.05) is 0 Å². The predicted molar refractivity (Wildman–Crippen MR) is 166 cm³/mol. The lowest BCUT2D eigenvalue weighted by atomic mass is 10.0. The molecule has 2 N–H and O–H groups in total. The molecule has 0 aliphatic heterocycles. The summed E-state index contributed by atoms with van der Waals surface area (Å²) in [5.74, 6) is -1.31. The first-order chi connectivity index (χ1) is 17.5. The van der Waals surface area contributed by atoms with Crippen LogP contribution in [0.2, 0.25) is 0 Å². The van der Waals surface area contributed by atoms with E-state index in [0.717, 1.165) is 25.7 Å². The first-order valence-electron chi connectivity index (χ1n) is 16.0. The first-order valence-corrected chi connectivity index (χ1v) is 16.0. The molecule has 0 atom stereocenters. The summed E-state index contributed by atoms with van der Waals surface area (Å²) in [6.45, 7) is 4.52. The van der Waals surface area contributed by atoms with E-state index in [2.05, 4.69) is 13.8 Å². The molecule has 0 saturated carbocycles. The lowest BCUT2D eigenvalue weighted by Gasteiger charge is -2.02. The zero-order chi connectivity index (χ0) is 27.0. The molecule has 0 bridgehead atoms. The minimum atomic E-state index is -0.655. The fraction of sp³-hybridized carbons (Fsp3) is 0.938. The van der Waals surface area contributed by atoms with Gasteiger partial charge in [0.15, 0.2) is 0 Å². The molecule has 0 aromatic heterocycles. The van der Waals surface area contributed by atoms with Gasteiger partial charge in [-0.25, -0.2) is 0 Å². The summed E-state index contributed by atoms with van der Waals surface area (Å²) in [6, 6.07) is 0. The normalized spacial score (nSPS) is 10.4. The Hall–Kier alpha value is -0.710. The summed E-state index contributed by atoms with van der Waals surface area (Å²) in [4.78, 5) is 20.6. The maximum atomic E-state index is 10.3.